The molecule has 1 aliphatic carbocycles. The van der Waals surface area contributed by atoms with E-state index < -0.39 is 21.8 Å². The molecule has 116 valence electrons. The lowest BCUT2D eigenvalue weighted by Gasteiger charge is -2.22. The van der Waals surface area contributed by atoms with E-state index in [-0.39, 0.29) is 22.1 Å². The van der Waals surface area contributed by atoms with Crippen LogP contribution in [0.15, 0.2) is 17.0 Å². The Hall–Kier alpha value is -1.47. The topological polar surface area (TPSA) is 86.5 Å². The third-order valence-electron chi connectivity index (χ3n) is 3.60. The number of benzene rings is 1. The number of primary sulfonamides is 1. The molecule has 0 radical (unpaired) electrons. The Labute approximate surface area is 123 Å². The molecule has 1 fully saturated rings. The standard InChI is InChI=1S/C14H18FNO4S/c1-9-7-11(21(16,18)19)8-12(13(9)15)14(17)20-10-5-3-2-4-6-10/h7-8,10H,2-6H2,1H3,(H2,16,18,19). The maximum absolute atomic E-state index is 14.0. The first-order chi connectivity index (χ1) is 9.79. The Morgan fingerprint density at radius 1 is 1.29 bits per heavy atom. The van der Waals surface area contributed by atoms with Gasteiger partial charge in [-0.2, -0.15) is 0 Å². The van der Waals surface area contributed by atoms with Crippen molar-refractivity contribution in [3.05, 3.63) is 29.1 Å². The van der Waals surface area contributed by atoms with Gasteiger partial charge in [-0.1, -0.05) is 6.42 Å². The lowest BCUT2D eigenvalue weighted by molar-refractivity contribution is 0.0205. The molecule has 0 aliphatic heterocycles. The number of halogens is 1. The van der Waals surface area contributed by atoms with Gasteiger partial charge in [-0.05, 0) is 50.3 Å². The molecule has 0 aromatic heterocycles. The molecule has 1 aromatic carbocycles. The monoisotopic (exact) mass is 315 g/mol. The van der Waals surface area contributed by atoms with E-state index in [0.29, 0.717) is 0 Å². The summed E-state index contributed by atoms with van der Waals surface area (Å²) in [6.45, 7) is 1.38. The molecule has 0 bridgehead atoms. The van der Waals surface area contributed by atoms with Crippen LogP contribution in [0.1, 0.15) is 48.0 Å². The summed E-state index contributed by atoms with van der Waals surface area (Å²) in [6, 6.07) is 2.03. The molecule has 1 aliphatic rings. The number of aryl methyl sites for hydroxylation is 1. The summed E-state index contributed by atoms with van der Waals surface area (Å²) >= 11 is 0. The van der Waals surface area contributed by atoms with Crippen LogP contribution in [-0.2, 0) is 14.8 Å². The first-order valence-corrected chi connectivity index (χ1v) is 8.37. The Balaban J connectivity index is 2.29. The minimum absolute atomic E-state index is 0.0390. The number of rotatable bonds is 3. The molecule has 21 heavy (non-hydrogen) atoms. The summed E-state index contributed by atoms with van der Waals surface area (Å²) in [5.74, 6) is -1.61. The first-order valence-electron chi connectivity index (χ1n) is 6.83. The van der Waals surface area contributed by atoms with Crippen LogP contribution >= 0.6 is 0 Å². The second-order valence-corrected chi connectivity index (χ2v) is 6.87. The molecule has 2 N–H and O–H groups in total. The molecule has 0 unspecified atom stereocenters. The van der Waals surface area contributed by atoms with E-state index in [9.17, 15) is 17.6 Å². The predicted octanol–water partition coefficient (Wildman–Crippen LogP) is 2.27. The quantitative estimate of drug-likeness (QED) is 0.867. The van der Waals surface area contributed by atoms with Crippen LogP contribution in [0.3, 0.4) is 0 Å². The zero-order valence-electron chi connectivity index (χ0n) is 11.8. The fourth-order valence-electron chi connectivity index (χ4n) is 2.45. The fraction of sp³-hybridized carbons (Fsp3) is 0.500. The molecule has 0 amide bonds. The first kappa shape index (κ1) is 15.9. The molecule has 2 rings (SSSR count). The van der Waals surface area contributed by atoms with Crippen LogP contribution in [0, 0.1) is 12.7 Å². The lowest BCUT2D eigenvalue weighted by Crippen LogP contribution is -2.22. The number of carbonyl (C=O) groups excluding carboxylic acids is 1. The van der Waals surface area contributed by atoms with Crippen LogP contribution < -0.4 is 5.14 Å². The maximum Gasteiger partial charge on any atom is 0.341 e. The van der Waals surface area contributed by atoms with Gasteiger partial charge in [0.1, 0.15) is 11.9 Å². The van der Waals surface area contributed by atoms with E-state index in [1.165, 1.54) is 6.92 Å². The number of hydrogen-bond donors (Lipinski definition) is 1. The highest BCUT2D eigenvalue weighted by molar-refractivity contribution is 7.89. The van der Waals surface area contributed by atoms with Gasteiger partial charge in [0.2, 0.25) is 10.0 Å². The van der Waals surface area contributed by atoms with E-state index in [4.69, 9.17) is 9.88 Å². The molecule has 0 spiro atoms. The second kappa shape index (κ2) is 6.11. The van der Waals surface area contributed by atoms with Crippen molar-refractivity contribution in [2.45, 2.75) is 50.0 Å². The van der Waals surface area contributed by atoms with E-state index in [1.807, 2.05) is 0 Å². The van der Waals surface area contributed by atoms with Gasteiger partial charge < -0.3 is 4.74 Å². The molecule has 5 nitrogen and oxygen atoms in total. The number of ether oxygens (including phenoxy) is 1. The van der Waals surface area contributed by atoms with Gasteiger partial charge >= 0.3 is 5.97 Å². The van der Waals surface area contributed by atoms with Crippen molar-refractivity contribution in [1.29, 1.82) is 0 Å². The van der Waals surface area contributed by atoms with Crippen molar-refractivity contribution >= 4 is 16.0 Å². The van der Waals surface area contributed by atoms with Crippen LogP contribution in [0.2, 0.25) is 0 Å². The molecule has 0 atom stereocenters. The SMILES string of the molecule is Cc1cc(S(N)(=O)=O)cc(C(=O)OC2CCCCC2)c1F. The minimum atomic E-state index is -4.01. The van der Waals surface area contributed by atoms with E-state index in [0.717, 1.165) is 44.2 Å². The van der Waals surface area contributed by atoms with Crippen molar-refractivity contribution in [2.24, 2.45) is 5.14 Å². The normalized spacial score (nSPS) is 16.7. The molecule has 7 heteroatoms. The Bertz CT molecular complexity index is 651. The van der Waals surface area contributed by atoms with Crippen molar-refractivity contribution in [1.82, 2.24) is 0 Å². The minimum Gasteiger partial charge on any atom is -0.459 e. The van der Waals surface area contributed by atoms with E-state index in [1.54, 1.807) is 0 Å². The van der Waals surface area contributed by atoms with E-state index in [2.05, 4.69) is 0 Å². The van der Waals surface area contributed by atoms with Crippen molar-refractivity contribution in [2.75, 3.05) is 0 Å². The summed E-state index contributed by atoms with van der Waals surface area (Å²) < 4.78 is 42.0. The zero-order valence-corrected chi connectivity index (χ0v) is 12.6. The molecule has 1 aromatic rings. The smallest absolute Gasteiger partial charge is 0.341 e. The number of sulfonamides is 1. The molecule has 1 saturated carbocycles. The maximum atomic E-state index is 14.0. The summed E-state index contributed by atoms with van der Waals surface area (Å²) in [6.07, 6.45) is 4.31. The lowest BCUT2D eigenvalue weighted by atomic mass is 9.98. The highest BCUT2D eigenvalue weighted by Gasteiger charge is 2.24. The van der Waals surface area contributed by atoms with Gasteiger partial charge in [-0.15, -0.1) is 0 Å². The van der Waals surface area contributed by atoms with Crippen LogP contribution in [-0.4, -0.2) is 20.5 Å². The van der Waals surface area contributed by atoms with Crippen LogP contribution in [0.5, 0.6) is 0 Å². The Morgan fingerprint density at radius 2 is 1.90 bits per heavy atom. The van der Waals surface area contributed by atoms with Gasteiger partial charge in [0.25, 0.3) is 0 Å². The van der Waals surface area contributed by atoms with Gasteiger partial charge in [-0.25, -0.2) is 22.7 Å². The van der Waals surface area contributed by atoms with Crippen molar-refractivity contribution in [3.63, 3.8) is 0 Å². The molecule has 0 saturated heterocycles. The summed E-state index contributed by atoms with van der Waals surface area (Å²) in [5, 5.41) is 5.03. The van der Waals surface area contributed by atoms with E-state index >= 15 is 0 Å². The highest BCUT2D eigenvalue weighted by Crippen LogP contribution is 2.24. The van der Waals surface area contributed by atoms with Crippen LogP contribution in [0.4, 0.5) is 4.39 Å². The molecule has 0 heterocycles. The van der Waals surface area contributed by atoms with Crippen molar-refractivity contribution in [3.8, 4) is 0 Å². The zero-order chi connectivity index (χ0) is 15.6. The van der Waals surface area contributed by atoms with Gasteiger partial charge in [0, 0.05) is 0 Å². The Morgan fingerprint density at radius 3 is 2.48 bits per heavy atom. The second-order valence-electron chi connectivity index (χ2n) is 5.31. The third-order valence-corrected chi connectivity index (χ3v) is 4.50. The largest absolute Gasteiger partial charge is 0.459 e. The van der Waals surface area contributed by atoms with Gasteiger partial charge in [0.05, 0.1) is 10.5 Å². The van der Waals surface area contributed by atoms with Gasteiger partial charge in [0.15, 0.2) is 0 Å². The Kier molecular flexibility index (Phi) is 4.63. The third kappa shape index (κ3) is 3.79. The van der Waals surface area contributed by atoms with Crippen LogP contribution in [0.25, 0.3) is 0 Å². The highest BCUT2D eigenvalue weighted by atomic mass is 32.2. The summed E-state index contributed by atoms with van der Waals surface area (Å²) in [7, 11) is -4.01. The molecular formula is C14H18FNO4S. The number of carbonyl (C=O) groups is 1. The number of nitrogens with two attached hydrogens (primary N) is 1. The fourth-order valence-corrected chi connectivity index (χ4v) is 3.07. The van der Waals surface area contributed by atoms with Crippen molar-refractivity contribution < 1.29 is 22.3 Å². The number of hydrogen-bond acceptors (Lipinski definition) is 4. The average molecular weight is 315 g/mol. The summed E-state index contributed by atoms with van der Waals surface area (Å²) in [5.41, 5.74) is -0.346. The number of esters is 1. The average Bonchev–Trinajstić information content (AvgIpc) is 2.41. The predicted molar refractivity (Wildman–Crippen MR) is 74.8 cm³/mol. The summed E-state index contributed by atoms with van der Waals surface area (Å²) in [4.78, 5) is 11.8. The molecular weight excluding hydrogens is 297 g/mol. The van der Waals surface area contributed by atoms with Gasteiger partial charge in [-0.3, -0.25) is 0 Å².